The second-order valence-corrected chi connectivity index (χ2v) is 7.70. The second kappa shape index (κ2) is 9.74. The molecule has 32 heavy (non-hydrogen) atoms. The normalized spacial score (nSPS) is 17.9. The van der Waals surface area contributed by atoms with Gasteiger partial charge in [0.05, 0.1) is 22.1 Å². The average molecular weight is 437 g/mol. The van der Waals surface area contributed by atoms with Crippen LogP contribution in [0.5, 0.6) is 0 Å². The molecule has 8 heteroatoms. The zero-order valence-corrected chi connectivity index (χ0v) is 18.4. The summed E-state index contributed by atoms with van der Waals surface area (Å²) >= 11 is 0. The van der Waals surface area contributed by atoms with Gasteiger partial charge in [-0.1, -0.05) is 55.8 Å². The van der Waals surface area contributed by atoms with E-state index in [-0.39, 0.29) is 29.1 Å². The highest BCUT2D eigenvalue weighted by atomic mass is 16.6. The van der Waals surface area contributed by atoms with E-state index in [9.17, 15) is 24.8 Å². The lowest BCUT2D eigenvalue weighted by atomic mass is 9.94. The number of nitrogens with zero attached hydrogens (tertiary/aromatic N) is 3. The molecule has 8 nitrogen and oxygen atoms in total. The Morgan fingerprint density at radius 3 is 2.31 bits per heavy atom. The number of carbonyl (C=O) groups excluding carboxylic acids is 2. The lowest BCUT2D eigenvalue weighted by molar-refractivity contribution is -0.385. The third kappa shape index (κ3) is 4.40. The van der Waals surface area contributed by atoms with Crippen molar-refractivity contribution in [2.45, 2.75) is 26.8 Å². The van der Waals surface area contributed by atoms with Crippen molar-refractivity contribution < 1.29 is 19.6 Å². The van der Waals surface area contributed by atoms with Crippen molar-refractivity contribution in [2.24, 2.45) is 0 Å². The predicted octanol–water partition coefficient (Wildman–Crippen LogP) is 3.67. The fourth-order valence-corrected chi connectivity index (χ4v) is 3.97. The Morgan fingerprint density at radius 2 is 1.72 bits per heavy atom. The fourth-order valence-electron chi connectivity index (χ4n) is 3.97. The van der Waals surface area contributed by atoms with Gasteiger partial charge in [-0.15, -0.1) is 0 Å². The number of likely N-dealkylation sites (N-methyl/N-ethyl adjacent to an activating group) is 1. The summed E-state index contributed by atoms with van der Waals surface area (Å²) in [6, 6.07) is 11.9. The van der Waals surface area contributed by atoms with Gasteiger partial charge in [-0.05, 0) is 26.1 Å². The molecule has 3 rings (SSSR count). The first kappa shape index (κ1) is 23.1. The molecule has 1 aliphatic rings. The maximum Gasteiger partial charge on any atom is 0.295 e. The molecule has 2 aromatic carbocycles. The van der Waals surface area contributed by atoms with Gasteiger partial charge in [0.2, 0.25) is 0 Å². The van der Waals surface area contributed by atoms with Crippen LogP contribution in [0, 0.1) is 17.0 Å². The van der Waals surface area contributed by atoms with Crippen LogP contribution < -0.4 is 0 Å². The fraction of sp³-hybridized carbons (Fsp3) is 0.333. The van der Waals surface area contributed by atoms with E-state index in [2.05, 4.69) is 4.90 Å². The van der Waals surface area contributed by atoms with E-state index in [1.54, 1.807) is 30.3 Å². The Morgan fingerprint density at radius 1 is 1.09 bits per heavy atom. The number of benzene rings is 2. The van der Waals surface area contributed by atoms with Gasteiger partial charge in [0.25, 0.3) is 17.4 Å². The summed E-state index contributed by atoms with van der Waals surface area (Å²) in [6.07, 6.45) is 0. The van der Waals surface area contributed by atoms with E-state index in [4.69, 9.17) is 0 Å². The molecule has 0 radical (unpaired) electrons. The van der Waals surface area contributed by atoms with Crippen LogP contribution in [0.3, 0.4) is 0 Å². The maximum absolute atomic E-state index is 13.1. The highest BCUT2D eigenvalue weighted by molar-refractivity contribution is 6.46. The number of aryl methyl sites for hydroxylation is 1. The molecular formula is C24H27N3O5. The van der Waals surface area contributed by atoms with E-state index in [1.807, 2.05) is 20.8 Å². The van der Waals surface area contributed by atoms with Crippen LogP contribution in [0.1, 0.15) is 36.6 Å². The van der Waals surface area contributed by atoms with Crippen molar-refractivity contribution in [2.75, 3.05) is 26.2 Å². The molecular weight excluding hydrogens is 410 g/mol. The van der Waals surface area contributed by atoms with Gasteiger partial charge in [-0.3, -0.25) is 19.7 Å². The minimum atomic E-state index is -1.05. The number of aliphatic hydroxyl groups is 1. The molecule has 1 saturated heterocycles. The average Bonchev–Trinajstić information content (AvgIpc) is 3.04. The first-order chi connectivity index (χ1) is 15.3. The van der Waals surface area contributed by atoms with E-state index >= 15 is 0 Å². The first-order valence-electron chi connectivity index (χ1n) is 10.6. The molecule has 1 atom stereocenters. The number of ketones is 1. The van der Waals surface area contributed by atoms with E-state index in [0.29, 0.717) is 12.1 Å². The van der Waals surface area contributed by atoms with Gasteiger partial charge >= 0.3 is 0 Å². The lowest BCUT2D eigenvalue weighted by Gasteiger charge is -2.28. The van der Waals surface area contributed by atoms with Crippen LogP contribution in [0.25, 0.3) is 5.76 Å². The van der Waals surface area contributed by atoms with Crippen LogP contribution in [0.15, 0.2) is 54.1 Å². The standard InChI is InChI=1S/C24H27N3O5/c1-4-25(5-2)14-15-26-21(18-8-6-7-9-19(18)27(31)32)20(23(29)24(26)30)22(28)17-12-10-16(3)11-13-17/h6-13,21,28H,4-5,14-15H2,1-3H3/t21-/m1/s1. The number of Topliss-reactive ketones (excluding diaryl/α,β-unsaturated/α-hetero) is 1. The summed E-state index contributed by atoms with van der Waals surface area (Å²) in [5, 5.41) is 22.8. The Bertz CT molecular complexity index is 1060. The van der Waals surface area contributed by atoms with Crippen LogP contribution >= 0.6 is 0 Å². The minimum Gasteiger partial charge on any atom is -0.507 e. The van der Waals surface area contributed by atoms with Crippen molar-refractivity contribution in [3.63, 3.8) is 0 Å². The number of nitro groups is 1. The van der Waals surface area contributed by atoms with Crippen LogP contribution in [0.4, 0.5) is 5.69 Å². The highest BCUT2D eigenvalue weighted by Gasteiger charge is 2.47. The summed E-state index contributed by atoms with van der Waals surface area (Å²) < 4.78 is 0. The van der Waals surface area contributed by atoms with E-state index in [1.165, 1.54) is 23.1 Å². The van der Waals surface area contributed by atoms with Gasteiger partial charge in [0.15, 0.2) is 0 Å². The largest absolute Gasteiger partial charge is 0.507 e. The zero-order valence-electron chi connectivity index (χ0n) is 18.4. The molecule has 1 N–H and O–H groups in total. The first-order valence-corrected chi connectivity index (χ1v) is 10.6. The molecule has 0 saturated carbocycles. The van der Waals surface area contributed by atoms with Crippen molar-refractivity contribution in [3.05, 3.63) is 80.9 Å². The molecule has 2 aromatic rings. The number of likely N-dealkylation sites (tertiary alicyclic amines) is 1. The summed E-state index contributed by atoms with van der Waals surface area (Å²) in [5.41, 5.74) is 1.21. The molecule has 0 bridgehead atoms. The summed E-state index contributed by atoms with van der Waals surface area (Å²) in [4.78, 5) is 40.7. The number of nitro benzene ring substituents is 1. The van der Waals surface area contributed by atoms with Crippen LogP contribution in [-0.4, -0.2) is 57.7 Å². The number of aliphatic hydroxyl groups excluding tert-OH is 1. The van der Waals surface area contributed by atoms with Gasteiger partial charge in [-0.25, -0.2) is 0 Å². The molecule has 168 valence electrons. The third-order valence-electron chi connectivity index (χ3n) is 5.84. The molecule has 1 aliphatic heterocycles. The van der Waals surface area contributed by atoms with Crippen LogP contribution in [-0.2, 0) is 9.59 Å². The molecule has 0 aliphatic carbocycles. The smallest absolute Gasteiger partial charge is 0.295 e. The quantitative estimate of drug-likeness (QED) is 0.222. The van der Waals surface area contributed by atoms with Crippen LogP contribution in [0.2, 0.25) is 0 Å². The van der Waals surface area contributed by atoms with Gasteiger partial charge in [0, 0.05) is 24.7 Å². The Labute approximate surface area is 186 Å². The number of amides is 1. The topological polar surface area (TPSA) is 104 Å². The Kier molecular flexibility index (Phi) is 7.05. The summed E-state index contributed by atoms with van der Waals surface area (Å²) in [7, 11) is 0. The molecule has 1 amide bonds. The molecule has 1 heterocycles. The number of hydrogen-bond acceptors (Lipinski definition) is 6. The Hall–Kier alpha value is -3.52. The number of rotatable bonds is 8. The predicted molar refractivity (Wildman–Crippen MR) is 121 cm³/mol. The van der Waals surface area contributed by atoms with Gasteiger partial charge in [0.1, 0.15) is 5.76 Å². The minimum absolute atomic E-state index is 0.132. The molecule has 0 unspecified atom stereocenters. The Balaban J connectivity index is 2.18. The van der Waals surface area contributed by atoms with Gasteiger partial charge < -0.3 is 14.9 Å². The molecule has 0 spiro atoms. The van der Waals surface area contributed by atoms with Crippen molar-refractivity contribution in [1.82, 2.24) is 9.80 Å². The van der Waals surface area contributed by atoms with Gasteiger partial charge in [-0.2, -0.15) is 0 Å². The number of hydrogen-bond donors (Lipinski definition) is 1. The SMILES string of the molecule is CCN(CC)CCN1C(=O)C(=O)C(=C(O)c2ccc(C)cc2)[C@H]1c1ccccc1[N+](=O)[O-]. The second-order valence-electron chi connectivity index (χ2n) is 7.70. The lowest BCUT2D eigenvalue weighted by Crippen LogP contribution is -2.38. The third-order valence-corrected chi connectivity index (χ3v) is 5.84. The zero-order chi connectivity index (χ0) is 23.4. The molecule has 0 aromatic heterocycles. The van der Waals surface area contributed by atoms with Crippen molar-refractivity contribution in [3.8, 4) is 0 Å². The highest BCUT2D eigenvalue weighted by Crippen LogP contribution is 2.42. The monoisotopic (exact) mass is 437 g/mol. The molecule has 1 fully saturated rings. The van der Waals surface area contributed by atoms with E-state index < -0.39 is 22.7 Å². The summed E-state index contributed by atoms with van der Waals surface area (Å²) in [5.74, 6) is -1.95. The number of carbonyl (C=O) groups is 2. The van der Waals surface area contributed by atoms with Crippen molar-refractivity contribution in [1.29, 1.82) is 0 Å². The van der Waals surface area contributed by atoms with E-state index in [0.717, 1.165) is 18.7 Å². The maximum atomic E-state index is 13.1. The summed E-state index contributed by atoms with van der Waals surface area (Å²) in [6.45, 7) is 8.11. The van der Waals surface area contributed by atoms with Crippen molar-refractivity contribution >= 4 is 23.1 Å². The number of para-hydroxylation sites is 1.